The minimum absolute atomic E-state index is 0.185. The van der Waals surface area contributed by atoms with Gasteiger partial charge in [-0.1, -0.05) is 42.8 Å². The van der Waals surface area contributed by atoms with Crippen LogP contribution in [0, 0.1) is 6.92 Å². The first kappa shape index (κ1) is 22.0. The molecule has 0 saturated heterocycles. The van der Waals surface area contributed by atoms with Gasteiger partial charge in [0.05, 0.1) is 11.7 Å². The van der Waals surface area contributed by atoms with Crippen molar-refractivity contribution in [1.29, 1.82) is 0 Å². The number of benzene rings is 2. The second kappa shape index (κ2) is 9.09. The highest BCUT2D eigenvalue weighted by molar-refractivity contribution is 6.31. The van der Waals surface area contributed by atoms with Crippen LogP contribution in [-0.2, 0) is 19.5 Å². The Balaban J connectivity index is 1.75. The highest BCUT2D eigenvalue weighted by Crippen LogP contribution is 2.26. The molecule has 4 rings (SSSR count). The summed E-state index contributed by atoms with van der Waals surface area (Å²) in [6.07, 6.45) is 2.78. The van der Waals surface area contributed by atoms with E-state index >= 15 is 0 Å². The topological polar surface area (TPSA) is 63.9 Å². The molecule has 1 amide bonds. The molecule has 2 heterocycles. The van der Waals surface area contributed by atoms with Crippen molar-refractivity contribution in [2.24, 2.45) is 0 Å². The molecule has 0 aliphatic heterocycles. The van der Waals surface area contributed by atoms with Crippen molar-refractivity contribution in [3.8, 4) is 11.4 Å². The average Bonchev–Trinajstić information content (AvgIpc) is 3.16. The fourth-order valence-electron chi connectivity index (χ4n) is 3.75. The van der Waals surface area contributed by atoms with Crippen LogP contribution in [0.15, 0.2) is 48.7 Å². The molecule has 0 unspecified atom stereocenters. The molecule has 0 radical (unpaired) electrons. The molecule has 2 aromatic carbocycles. The first-order chi connectivity index (χ1) is 15.4. The first-order valence-electron chi connectivity index (χ1n) is 10.7. The molecule has 6 nitrogen and oxygen atoms in total. The number of carbonyl (C=O) groups is 1. The lowest BCUT2D eigenvalue weighted by Gasteiger charge is -2.18. The largest absolute Gasteiger partial charge is 0.336 e. The summed E-state index contributed by atoms with van der Waals surface area (Å²) in [6, 6.07) is 13.5. The molecule has 0 aliphatic rings. The molecule has 32 heavy (non-hydrogen) atoms. The summed E-state index contributed by atoms with van der Waals surface area (Å²) in [7, 11) is 1.78. The van der Waals surface area contributed by atoms with Crippen LogP contribution < -0.4 is 0 Å². The van der Waals surface area contributed by atoms with Gasteiger partial charge in [-0.3, -0.25) is 9.48 Å². The Morgan fingerprint density at radius 1 is 1.09 bits per heavy atom. The van der Waals surface area contributed by atoms with E-state index in [1.807, 2.05) is 42.9 Å². The molecule has 4 aromatic rings. The summed E-state index contributed by atoms with van der Waals surface area (Å²) < 4.78 is 1.92. The van der Waals surface area contributed by atoms with Gasteiger partial charge >= 0.3 is 0 Å². The number of amides is 1. The van der Waals surface area contributed by atoms with E-state index in [0.717, 1.165) is 29.8 Å². The van der Waals surface area contributed by atoms with Crippen LogP contribution in [0.25, 0.3) is 22.3 Å². The number of hydrogen-bond donors (Lipinski definition) is 0. The quantitative estimate of drug-likeness (QED) is 0.401. The summed E-state index contributed by atoms with van der Waals surface area (Å²) in [5, 5.41) is 5.57. The molecule has 164 valence electrons. The van der Waals surface area contributed by atoms with E-state index < -0.39 is 0 Å². The van der Waals surface area contributed by atoms with E-state index in [4.69, 9.17) is 21.6 Å². The van der Waals surface area contributed by atoms with Crippen molar-refractivity contribution in [3.05, 3.63) is 76.2 Å². The Bertz CT molecular complexity index is 1280. The monoisotopic (exact) mass is 447 g/mol. The molecule has 0 saturated carbocycles. The second-order valence-corrected chi connectivity index (χ2v) is 8.28. The lowest BCUT2D eigenvalue weighted by atomic mass is 10.1. The zero-order valence-corrected chi connectivity index (χ0v) is 19.5. The number of nitrogens with zero attached hydrogens (tertiary/aromatic N) is 5. The third kappa shape index (κ3) is 4.23. The van der Waals surface area contributed by atoms with E-state index in [-0.39, 0.29) is 5.91 Å². The van der Waals surface area contributed by atoms with Crippen molar-refractivity contribution in [2.75, 3.05) is 7.05 Å². The van der Waals surface area contributed by atoms with Gasteiger partial charge in [0.2, 0.25) is 0 Å². The van der Waals surface area contributed by atoms with Crippen LogP contribution in [0.4, 0.5) is 0 Å². The lowest BCUT2D eigenvalue weighted by Crippen LogP contribution is -2.27. The molecule has 0 N–H and O–H groups in total. The zero-order chi connectivity index (χ0) is 22.8. The standard InChI is InChI=1S/C25H26ClN5O/c1-5-17-7-9-18(10-8-17)24-28-22-12-11-20(26)13-21(22)23(29-24)25(32)30(4)15-19-14-27-31(6-2)16(19)3/h7-14H,5-6,15H2,1-4H3. The van der Waals surface area contributed by atoms with Crippen molar-refractivity contribution >= 4 is 28.4 Å². The number of hydrogen-bond acceptors (Lipinski definition) is 4. The van der Waals surface area contributed by atoms with E-state index in [1.54, 1.807) is 24.1 Å². The van der Waals surface area contributed by atoms with Gasteiger partial charge < -0.3 is 4.90 Å². The maximum absolute atomic E-state index is 13.5. The third-order valence-corrected chi connectivity index (χ3v) is 5.97. The molecule has 0 fully saturated rings. The van der Waals surface area contributed by atoms with Crippen LogP contribution in [0.2, 0.25) is 5.02 Å². The third-order valence-electron chi connectivity index (χ3n) is 5.74. The van der Waals surface area contributed by atoms with E-state index in [0.29, 0.717) is 34.0 Å². The maximum Gasteiger partial charge on any atom is 0.273 e. The molecular weight excluding hydrogens is 422 g/mol. The maximum atomic E-state index is 13.5. The molecule has 0 atom stereocenters. The second-order valence-electron chi connectivity index (χ2n) is 7.84. The predicted molar refractivity (Wildman–Crippen MR) is 128 cm³/mol. The molecule has 0 bridgehead atoms. The number of fused-ring (bicyclic) bond motifs is 1. The average molecular weight is 448 g/mol. The molecule has 7 heteroatoms. The number of aryl methyl sites for hydroxylation is 2. The van der Waals surface area contributed by atoms with E-state index in [1.165, 1.54) is 5.56 Å². The van der Waals surface area contributed by atoms with E-state index in [9.17, 15) is 4.79 Å². The molecule has 0 aliphatic carbocycles. The number of carbonyl (C=O) groups excluding carboxylic acids is 1. The summed E-state index contributed by atoms with van der Waals surface area (Å²) in [5.41, 5.74) is 5.20. The van der Waals surface area contributed by atoms with Gasteiger partial charge in [0.25, 0.3) is 5.91 Å². The Labute approximate surface area is 192 Å². The minimum Gasteiger partial charge on any atom is -0.336 e. The fraction of sp³-hybridized carbons (Fsp3) is 0.280. The van der Waals surface area contributed by atoms with Gasteiger partial charge in [-0.05, 0) is 44.0 Å². The van der Waals surface area contributed by atoms with Crippen molar-refractivity contribution in [2.45, 2.75) is 40.3 Å². The van der Waals surface area contributed by atoms with Crippen LogP contribution in [0.1, 0.15) is 41.2 Å². The zero-order valence-electron chi connectivity index (χ0n) is 18.8. The van der Waals surface area contributed by atoms with Crippen molar-refractivity contribution in [3.63, 3.8) is 0 Å². The smallest absolute Gasteiger partial charge is 0.273 e. The van der Waals surface area contributed by atoms with Gasteiger partial charge in [-0.2, -0.15) is 5.10 Å². The Morgan fingerprint density at radius 2 is 1.84 bits per heavy atom. The number of aromatic nitrogens is 4. The molecule has 2 aromatic heterocycles. The Morgan fingerprint density at radius 3 is 2.50 bits per heavy atom. The Kier molecular flexibility index (Phi) is 6.24. The highest BCUT2D eigenvalue weighted by Gasteiger charge is 2.21. The van der Waals surface area contributed by atoms with Gasteiger partial charge in [0.1, 0.15) is 5.69 Å². The van der Waals surface area contributed by atoms with Crippen LogP contribution >= 0.6 is 11.6 Å². The molecule has 0 spiro atoms. The number of halogens is 1. The van der Waals surface area contributed by atoms with Gasteiger partial charge in [-0.25, -0.2) is 9.97 Å². The first-order valence-corrected chi connectivity index (χ1v) is 11.1. The van der Waals surface area contributed by atoms with Crippen molar-refractivity contribution in [1.82, 2.24) is 24.6 Å². The van der Waals surface area contributed by atoms with Gasteiger partial charge in [-0.15, -0.1) is 0 Å². The predicted octanol–water partition coefficient (Wildman–Crippen LogP) is 5.31. The van der Waals surface area contributed by atoms with Gasteiger partial charge in [0.15, 0.2) is 5.82 Å². The van der Waals surface area contributed by atoms with Crippen LogP contribution in [0.5, 0.6) is 0 Å². The summed E-state index contributed by atoms with van der Waals surface area (Å²) in [4.78, 5) is 24.6. The minimum atomic E-state index is -0.185. The summed E-state index contributed by atoms with van der Waals surface area (Å²) in [6.45, 7) is 7.41. The molecular formula is C25H26ClN5O. The summed E-state index contributed by atoms with van der Waals surface area (Å²) >= 11 is 6.24. The van der Waals surface area contributed by atoms with Crippen LogP contribution in [-0.4, -0.2) is 37.6 Å². The van der Waals surface area contributed by atoms with Crippen molar-refractivity contribution < 1.29 is 4.79 Å². The lowest BCUT2D eigenvalue weighted by molar-refractivity contribution is 0.0781. The fourth-order valence-corrected chi connectivity index (χ4v) is 3.92. The number of rotatable bonds is 6. The van der Waals surface area contributed by atoms with E-state index in [2.05, 4.69) is 24.2 Å². The Hall–Kier alpha value is -3.25. The highest BCUT2D eigenvalue weighted by atomic mass is 35.5. The normalized spacial score (nSPS) is 11.2. The van der Waals surface area contributed by atoms with Gasteiger partial charge in [0, 0.05) is 47.4 Å². The summed E-state index contributed by atoms with van der Waals surface area (Å²) in [5.74, 6) is 0.337. The van der Waals surface area contributed by atoms with Crippen LogP contribution in [0.3, 0.4) is 0 Å². The SMILES string of the molecule is CCc1ccc(-c2nc(C(=O)N(C)Cc3cnn(CC)c3C)c3cc(Cl)ccc3n2)cc1.